The molecule has 0 aromatic heterocycles. The average molecular weight is 529 g/mol. The first-order chi connectivity index (χ1) is 18.2. The molecule has 1 aliphatic heterocycles. The van der Waals surface area contributed by atoms with Gasteiger partial charge in [0.1, 0.15) is 5.92 Å². The summed E-state index contributed by atoms with van der Waals surface area (Å²) in [6.45, 7) is 11.4. The van der Waals surface area contributed by atoms with Crippen LogP contribution in [0.3, 0.4) is 0 Å². The predicted octanol–water partition coefficient (Wildman–Crippen LogP) is 7.37. The second-order valence-electron chi connectivity index (χ2n) is 8.07. The molecule has 1 atom stereocenters. The summed E-state index contributed by atoms with van der Waals surface area (Å²) >= 11 is 0. The number of nitrogens with zero attached hydrogens (tertiary/aromatic N) is 2. The third-order valence-corrected chi connectivity index (χ3v) is 6.02. The number of fused-ring (bicyclic) bond motifs is 1. The van der Waals surface area contributed by atoms with Gasteiger partial charge in [-0.2, -0.15) is 13.2 Å². The van der Waals surface area contributed by atoms with Crippen molar-refractivity contribution in [1.29, 1.82) is 0 Å². The Labute approximate surface area is 222 Å². The molecule has 0 fully saturated rings. The summed E-state index contributed by atoms with van der Waals surface area (Å²) in [7, 11) is 0. The van der Waals surface area contributed by atoms with Gasteiger partial charge in [-0.25, -0.2) is 0 Å². The zero-order chi connectivity index (χ0) is 28.6. The van der Waals surface area contributed by atoms with Gasteiger partial charge in [0.15, 0.2) is 0 Å². The van der Waals surface area contributed by atoms with Crippen molar-refractivity contribution in [1.82, 2.24) is 0 Å². The maximum absolute atomic E-state index is 14.0. The van der Waals surface area contributed by atoms with Gasteiger partial charge in [0.2, 0.25) is 11.8 Å². The number of hydrogen-bond acceptors (Lipinski definition) is 3. The molecule has 0 saturated carbocycles. The lowest BCUT2D eigenvalue weighted by Gasteiger charge is -2.26. The Morgan fingerprint density at radius 3 is 2.03 bits per heavy atom. The van der Waals surface area contributed by atoms with Crippen molar-refractivity contribution < 1.29 is 27.9 Å². The molecular weight excluding hydrogens is 493 g/mol. The first-order valence-electron chi connectivity index (χ1n) is 12.8. The number of hydrogen-bond donors (Lipinski definition) is 1. The van der Waals surface area contributed by atoms with Crippen LogP contribution in [0.5, 0.6) is 0 Å². The Morgan fingerprint density at radius 2 is 1.47 bits per heavy atom. The van der Waals surface area contributed by atoms with Crippen molar-refractivity contribution in [2.45, 2.75) is 60.2 Å². The van der Waals surface area contributed by atoms with E-state index in [9.17, 15) is 27.9 Å². The minimum absolute atomic E-state index is 0.0155. The summed E-state index contributed by atoms with van der Waals surface area (Å²) in [5, 5.41) is 9.71. The van der Waals surface area contributed by atoms with Crippen molar-refractivity contribution in [2.24, 2.45) is 0 Å². The molecule has 8 heteroatoms. The van der Waals surface area contributed by atoms with E-state index in [0.717, 1.165) is 17.7 Å². The van der Waals surface area contributed by atoms with Crippen LogP contribution in [0.15, 0.2) is 66.7 Å². The van der Waals surface area contributed by atoms with E-state index in [1.807, 2.05) is 27.7 Å². The van der Waals surface area contributed by atoms with E-state index in [2.05, 4.69) is 0 Å². The number of benzene rings is 3. The fourth-order valence-corrected chi connectivity index (χ4v) is 4.23. The second kappa shape index (κ2) is 13.2. The monoisotopic (exact) mass is 528 g/mol. The zero-order valence-corrected chi connectivity index (χ0v) is 22.6. The van der Waals surface area contributed by atoms with Crippen LogP contribution in [-0.4, -0.2) is 23.5 Å². The molecule has 1 heterocycles. The smallest absolute Gasteiger partial charge is 0.392 e. The predicted molar refractivity (Wildman–Crippen MR) is 146 cm³/mol. The summed E-state index contributed by atoms with van der Waals surface area (Å²) in [5.41, 5.74) is 1.36. The van der Waals surface area contributed by atoms with Gasteiger partial charge in [0.05, 0.1) is 23.5 Å². The van der Waals surface area contributed by atoms with E-state index in [0.29, 0.717) is 16.8 Å². The van der Waals surface area contributed by atoms with Crippen LogP contribution in [0, 0.1) is 6.92 Å². The van der Waals surface area contributed by atoms with E-state index < -0.39 is 29.5 Å². The maximum atomic E-state index is 14.0. The van der Waals surface area contributed by atoms with Crippen LogP contribution >= 0.6 is 0 Å². The number of halogens is 3. The minimum Gasteiger partial charge on any atom is -0.392 e. The fraction of sp³-hybridized carbons (Fsp3) is 0.333. The van der Waals surface area contributed by atoms with Crippen molar-refractivity contribution in [3.63, 3.8) is 0 Å². The quantitative estimate of drug-likeness (QED) is 0.360. The van der Waals surface area contributed by atoms with Crippen molar-refractivity contribution in [2.75, 3.05) is 16.3 Å². The first kappa shape index (κ1) is 30.6. The number of carbonyl (C=O) groups is 2. The number of alkyl halides is 3. The number of amides is 2. The Balaban J connectivity index is 0.00000121. The molecule has 2 amide bonds. The van der Waals surface area contributed by atoms with Crippen molar-refractivity contribution >= 4 is 28.9 Å². The number of likely N-dealkylation sites (N-methyl/N-ethyl adjacent to an activating group) is 1. The Bertz CT molecular complexity index is 1240. The normalized spacial score (nSPS) is 15.1. The summed E-state index contributed by atoms with van der Waals surface area (Å²) < 4.78 is 40.8. The van der Waals surface area contributed by atoms with Crippen LogP contribution in [0.4, 0.5) is 30.2 Å². The van der Waals surface area contributed by atoms with Crippen molar-refractivity contribution in [3.05, 3.63) is 89.0 Å². The lowest BCUT2D eigenvalue weighted by atomic mass is 9.93. The Morgan fingerprint density at radius 1 is 0.842 bits per heavy atom. The van der Waals surface area contributed by atoms with E-state index in [1.54, 1.807) is 62.4 Å². The average Bonchev–Trinajstić information content (AvgIpc) is 3.02. The number of aryl methyl sites for hydroxylation is 1. The number of para-hydroxylation sites is 1. The van der Waals surface area contributed by atoms with E-state index in [4.69, 9.17) is 0 Å². The molecule has 0 aliphatic carbocycles. The van der Waals surface area contributed by atoms with E-state index >= 15 is 0 Å². The number of carbonyl (C=O) groups excluding carboxylic acids is 2. The highest BCUT2D eigenvalue weighted by Gasteiger charge is 2.43. The number of rotatable bonds is 4. The SMILES string of the molecule is CC.CC.CCN1C(=O)C(c2ccc(C)c(CO)c2)C(=O)N(c2ccccc2)c2cc(C(F)(F)F)ccc21. The molecule has 3 aromatic rings. The Hall–Kier alpha value is -3.65. The van der Waals surface area contributed by atoms with E-state index in [1.165, 1.54) is 15.9 Å². The van der Waals surface area contributed by atoms with Gasteiger partial charge in [-0.05, 0) is 60.9 Å². The second-order valence-corrected chi connectivity index (χ2v) is 8.07. The topological polar surface area (TPSA) is 60.9 Å². The van der Waals surface area contributed by atoms with Gasteiger partial charge >= 0.3 is 6.18 Å². The largest absolute Gasteiger partial charge is 0.416 e. The summed E-state index contributed by atoms with van der Waals surface area (Å²) in [4.78, 5) is 30.2. The standard InChI is InChI=1S/C26H23F3N2O3.2C2H6/c1-3-30-21-12-11-19(26(27,28)29)14-22(21)31(20-7-5-4-6-8-20)25(34)23(24(30)33)17-10-9-16(2)18(13-17)15-32;2*1-2/h4-14,23,32H,3,15H2,1-2H3;2*1-2H3. The number of aliphatic hydroxyl groups is 1. The molecule has 4 rings (SSSR count). The van der Waals surface area contributed by atoms with Gasteiger partial charge in [0, 0.05) is 12.2 Å². The molecule has 1 aliphatic rings. The summed E-state index contributed by atoms with van der Waals surface area (Å²) in [6, 6.07) is 16.3. The Kier molecular flexibility index (Phi) is 10.6. The zero-order valence-electron chi connectivity index (χ0n) is 22.6. The van der Waals surface area contributed by atoms with E-state index in [-0.39, 0.29) is 24.5 Å². The molecule has 1 N–H and O–H groups in total. The van der Waals surface area contributed by atoms with Gasteiger partial charge in [0.25, 0.3) is 0 Å². The maximum Gasteiger partial charge on any atom is 0.416 e. The third kappa shape index (κ3) is 6.07. The van der Waals surface area contributed by atoms with Crippen LogP contribution in [0.2, 0.25) is 0 Å². The number of anilines is 3. The highest BCUT2D eigenvalue weighted by Crippen LogP contribution is 2.44. The number of aliphatic hydroxyl groups excluding tert-OH is 1. The molecule has 0 spiro atoms. The lowest BCUT2D eigenvalue weighted by molar-refractivity contribution is -0.137. The summed E-state index contributed by atoms with van der Waals surface area (Å²) in [5.74, 6) is -2.51. The molecule has 3 aromatic carbocycles. The highest BCUT2D eigenvalue weighted by molar-refractivity contribution is 6.23. The highest BCUT2D eigenvalue weighted by atomic mass is 19.4. The van der Waals surface area contributed by atoms with Gasteiger partial charge in [-0.1, -0.05) is 64.1 Å². The molecule has 38 heavy (non-hydrogen) atoms. The van der Waals surface area contributed by atoms with Crippen LogP contribution in [0.1, 0.15) is 62.8 Å². The molecule has 0 saturated heterocycles. The molecular formula is C30H35F3N2O3. The van der Waals surface area contributed by atoms with Crippen LogP contribution in [0.25, 0.3) is 0 Å². The third-order valence-electron chi connectivity index (χ3n) is 6.02. The molecule has 204 valence electrons. The first-order valence-corrected chi connectivity index (χ1v) is 12.8. The van der Waals surface area contributed by atoms with Gasteiger partial charge in [-0.15, -0.1) is 0 Å². The minimum atomic E-state index is -4.62. The van der Waals surface area contributed by atoms with Crippen molar-refractivity contribution in [3.8, 4) is 0 Å². The van der Waals surface area contributed by atoms with Gasteiger partial charge < -0.3 is 10.0 Å². The van der Waals surface area contributed by atoms with Crippen LogP contribution < -0.4 is 9.80 Å². The lowest BCUT2D eigenvalue weighted by Crippen LogP contribution is -2.39. The van der Waals surface area contributed by atoms with Crippen LogP contribution in [-0.2, 0) is 22.4 Å². The molecule has 0 bridgehead atoms. The van der Waals surface area contributed by atoms with Gasteiger partial charge in [-0.3, -0.25) is 14.5 Å². The molecule has 1 unspecified atom stereocenters. The summed E-state index contributed by atoms with van der Waals surface area (Å²) in [6.07, 6.45) is -4.62. The molecule has 0 radical (unpaired) electrons. The fourth-order valence-electron chi connectivity index (χ4n) is 4.23. The molecule has 5 nitrogen and oxygen atoms in total.